The largest absolute Gasteiger partial charge is 0.507 e. The van der Waals surface area contributed by atoms with E-state index in [1.807, 2.05) is 6.92 Å². The van der Waals surface area contributed by atoms with E-state index in [2.05, 4.69) is 0 Å². The average molecular weight is 410 g/mol. The van der Waals surface area contributed by atoms with Crippen LogP contribution in [0.4, 0.5) is 5.69 Å². The van der Waals surface area contributed by atoms with Crippen LogP contribution in [-0.4, -0.2) is 40.3 Å². The number of nitro benzene ring substituents is 1. The van der Waals surface area contributed by atoms with Crippen molar-refractivity contribution < 1.29 is 24.4 Å². The van der Waals surface area contributed by atoms with Gasteiger partial charge >= 0.3 is 0 Å². The fraction of sp³-hybridized carbons (Fsp3) is 0.273. The molecular weight excluding hydrogens is 388 g/mol. The van der Waals surface area contributed by atoms with Crippen LogP contribution in [0.2, 0.25) is 0 Å². The van der Waals surface area contributed by atoms with Crippen LogP contribution in [0.3, 0.4) is 0 Å². The molecule has 3 rings (SSSR count). The Kier molecular flexibility index (Phi) is 6.15. The Bertz CT molecular complexity index is 1010. The maximum absolute atomic E-state index is 12.9. The third-order valence-corrected chi connectivity index (χ3v) is 5.05. The molecule has 30 heavy (non-hydrogen) atoms. The number of benzene rings is 2. The van der Waals surface area contributed by atoms with Crippen LogP contribution in [0.1, 0.15) is 36.9 Å². The molecule has 0 aromatic heterocycles. The van der Waals surface area contributed by atoms with Crippen molar-refractivity contribution in [3.05, 3.63) is 75.3 Å². The molecule has 8 nitrogen and oxygen atoms in total. The number of Topliss-reactive ketones (excluding diaryl/α,β-unsaturated/α-hetero) is 1. The lowest BCUT2D eigenvalue weighted by atomic mass is 9.95. The number of carbonyl (C=O) groups excluding carboxylic acids is 2. The maximum atomic E-state index is 12.9. The van der Waals surface area contributed by atoms with E-state index in [0.29, 0.717) is 29.8 Å². The normalized spacial score (nSPS) is 17.9. The molecular formula is C22H22N2O6. The monoisotopic (exact) mass is 410 g/mol. The summed E-state index contributed by atoms with van der Waals surface area (Å²) in [6, 6.07) is 11.3. The van der Waals surface area contributed by atoms with Crippen LogP contribution < -0.4 is 4.74 Å². The lowest BCUT2D eigenvalue weighted by Gasteiger charge is -2.25. The zero-order valence-electron chi connectivity index (χ0n) is 16.7. The van der Waals surface area contributed by atoms with E-state index in [0.717, 1.165) is 6.42 Å². The molecule has 2 aromatic carbocycles. The first-order chi connectivity index (χ1) is 14.4. The number of ether oxygens (including phenoxy) is 1. The van der Waals surface area contributed by atoms with E-state index in [-0.39, 0.29) is 17.0 Å². The fourth-order valence-corrected chi connectivity index (χ4v) is 3.50. The van der Waals surface area contributed by atoms with Gasteiger partial charge in [-0.3, -0.25) is 19.7 Å². The summed E-state index contributed by atoms with van der Waals surface area (Å²) >= 11 is 0. The average Bonchev–Trinajstić information content (AvgIpc) is 3.02. The number of unbranched alkanes of at least 4 members (excludes halogenated alkanes) is 1. The Morgan fingerprint density at radius 3 is 2.50 bits per heavy atom. The first kappa shape index (κ1) is 21.0. The molecule has 1 atom stereocenters. The molecule has 0 aliphatic carbocycles. The predicted octanol–water partition coefficient (Wildman–Crippen LogP) is 3.83. The lowest BCUT2D eigenvalue weighted by Crippen LogP contribution is -2.30. The number of aliphatic hydroxyl groups is 1. The highest BCUT2D eigenvalue weighted by Gasteiger charge is 2.46. The molecule has 156 valence electrons. The summed E-state index contributed by atoms with van der Waals surface area (Å²) in [6.45, 7) is 2.25. The van der Waals surface area contributed by atoms with Gasteiger partial charge in [0.2, 0.25) is 0 Å². The number of rotatable bonds is 7. The number of nitro groups is 1. The zero-order valence-corrected chi connectivity index (χ0v) is 16.7. The van der Waals surface area contributed by atoms with Gasteiger partial charge in [-0.2, -0.15) is 0 Å². The topological polar surface area (TPSA) is 110 Å². The third kappa shape index (κ3) is 3.89. The molecule has 0 saturated carbocycles. The van der Waals surface area contributed by atoms with Crippen molar-refractivity contribution in [1.82, 2.24) is 4.90 Å². The second-order valence-corrected chi connectivity index (χ2v) is 6.93. The summed E-state index contributed by atoms with van der Waals surface area (Å²) in [5, 5.41) is 22.2. The van der Waals surface area contributed by atoms with Gasteiger partial charge in [-0.05, 0) is 36.2 Å². The van der Waals surface area contributed by atoms with Gasteiger partial charge < -0.3 is 14.7 Å². The van der Waals surface area contributed by atoms with Crippen molar-refractivity contribution in [3.8, 4) is 5.75 Å². The number of carbonyl (C=O) groups is 2. The molecule has 1 amide bonds. The van der Waals surface area contributed by atoms with Gasteiger partial charge in [0.05, 0.1) is 23.6 Å². The minimum absolute atomic E-state index is 0.0817. The van der Waals surface area contributed by atoms with E-state index in [4.69, 9.17) is 4.74 Å². The van der Waals surface area contributed by atoms with Crippen LogP contribution in [0.5, 0.6) is 5.75 Å². The highest BCUT2D eigenvalue weighted by molar-refractivity contribution is 6.46. The van der Waals surface area contributed by atoms with E-state index in [9.17, 15) is 24.8 Å². The molecule has 0 bridgehead atoms. The molecule has 0 radical (unpaired) electrons. The fourth-order valence-electron chi connectivity index (χ4n) is 3.50. The van der Waals surface area contributed by atoms with Gasteiger partial charge in [-0.1, -0.05) is 25.5 Å². The quantitative estimate of drug-likeness (QED) is 0.244. The molecule has 0 spiro atoms. The van der Waals surface area contributed by atoms with Gasteiger partial charge in [0.15, 0.2) is 0 Å². The van der Waals surface area contributed by atoms with E-state index in [1.165, 1.54) is 30.2 Å². The van der Waals surface area contributed by atoms with Crippen LogP contribution >= 0.6 is 0 Å². The molecule has 1 heterocycles. The second kappa shape index (κ2) is 8.77. The Hall–Kier alpha value is -3.68. The van der Waals surface area contributed by atoms with E-state index in [1.54, 1.807) is 30.3 Å². The second-order valence-electron chi connectivity index (χ2n) is 6.93. The number of likely N-dealkylation sites (tertiary alicyclic amines) is 1. The van der Waals surface area contributed by atoms with Crippen LogP contribution in [0.15, 0.2) is 54.1 Å². The highest BCUT2D eigenvalue weighted by atomic mass is 16.6. The predicted molar refractivity (Wildman–Crippen MR) is 110 cm³/mol. The number of ketones is 1. The molecule has 1 N–H and O–H groups in total. The Morgan fingerprint density at radius 2 is 1.90 bits per heavy atom. The summed E-state index contributed by atoms with van der Waals surface area (Å²) in [5.41, 5.74) is 0.508. The highest BCUT2D eigenvalue weighted by Crippen LogP contribution is 2.40. The van der Waals surface area contributed by atoms with Gasteiger partial charge in [-0.15, -0.1) is 0 Å². The number of amides is 1. The van der Waals surface area contributed by atoms with Gasteiger partial charge in [0.1, 0.15) is 11.5 Å². The van der Waals surface area contributed by atoms with E-state index < -0.39 is 22.7 Å². The number of hydrogen-bond acceptors (Lipinski definition) is 6. The van der Waals surface area contributed by atoms with Crippen LogP contribution in [0, 0.1) is 10.1 Å². The summed E-state index contributed by atoms with van der Waals surface area (Å²) in [5.74, 6) is -1.29. The van der Waals surface area contributed by atoms with Crippen molar-refractivity contribution >= 4 is 23.1 Å². The molecule has 1 aliphatic heterocycles. The molecule has 0 unspecified atom stereocenters. The van der Waals surface area contributed by atoms with Crippen molar-refractivity contribution in [1.29, 1.82) is 0 Å². The number of nitrogens with zero attached hydrogens (tertiary/aromatic N) is 2. The first-order valence-corrected chi connectivity index (χ1v) is 9.56. The molecule has 1 aliphatic rings. The standard InChI is InChI=1S/C22H22N2O6/c1-3-4-12-23-19(15-6-5-7-16(13-15)24(28)29)18(21(26)22(23)27)20(25)14-8-10-17(30-2)11-9-14/h5-11,13,19,25H,3-4,12H2,1-2H3/b20-18+/t19-/m1/s1. The minimum Gasteiger partial charge on any atom is -0.507 e. The first-order valence-electron chi connectivity index (χ1n) is 9.56. The summed E-state index contributed by atoms with van der Waals surface area (Å²) in [7, 11) is 1.51. The van der Waals surface area contributed by atoms with Crippen molar-refractivity contribution in [2.75, 3.05) is 13.7 Å². The van der Waals surface area contributed by atoms with Gasteiger partial charge in [-0.25, -0.2) is 0 Å². The summed E-state index contributed by atoms with van der Waals surface area (Å²) < 4.78 is 5.11. The summed E-state index contributed by atoms with van der Waals surface area (Å²) in [6.07, 6.45) is 1.45. The number of non-ortho nitro benzene ring substituents is 1. The number of hydrogen-bond donors (Lipinski definition) is 1. The minimum atomic E-state index is -0.904. The Balaban J connectivity index is 2.17. The zero-order chi connectivity index (χ0) is 21.8. The molecule has 1 fully saturated rings. The summed E-state index contributed by atoms with van der Waals surface area (Å²) in [4.78, 5) is 37.7. The van der Waals surface area contributed by atoms with Crippen molar-refractivity contribution in [2.45, 2.75) is 25.8 Å². The Morgan fingerprint density at radius 1 is 1.20 bits per heavy atom. The third-order valence-electron chi connectivity index (χ3n) is 5.05. The van der Waals surface area contributed by atoms with Crippen molar-refractivity contribution in [3.63, 3.8) is 0 Å². The molecule has 8 heteroatoms. The molecule has 1 saturated heterocycles. The van der Waals surface area contributed by atoms with Gasteiger partial charge in [0.25, 0.3) is 17.4 Å². The SMILES string of the molecule is CCCCN1C(=O)C(=O)/C(=C(/O)c2ccc(OC)cc2)[C@H]1c1cccc([N+](=O)[O-])c1. The van der Waals surface area contributed by atoms with Crippen LogP contribution in [0.25, 0.3) is 5.76 Å². The van der Waals surface area contributed by atoms with Crippen molar-refractivity contribution in [2.24, 2.45) is 0 Å². The Labute approximate surface area is 173 Å². The number of methoxy groups -OCH3 is 1. The van der Waals surface area contributed by atoms with E-state index >= 15 is 0 Å². The molecule has 2 aromatic rings. The smallest absolute Gasteiger partial charge is 0.295 e. The van der Waals surface area contributed by atoms with Gasteiger partial charge in [0, 0.05) is 24.2 Å². The van der Waals surface area contributed by atoms with Crippen LogP contribution in [-0.2, 0) is 9.59 Å². The lowest BCUT2D eigenvalue weighted by molar-refractivity contribution is -0.384. The number of aliphatic hydroxyl groups excluding tert-OH is 1. The maximum Gasteiger partial charge on any atom is 0.295 e.